The molecule has 0 atom stereocenters. The third kappa shape index (κ3) is 5.79. The largest absolute Gasteiger partial charge is 0.228 e. The highest BCUT2D eigenvalue weighted by Gasteiger charge is 2.36. The number of nitrogens with zero attached hydrogens (tertiary/aromatic N) is 2. The van der Waals surface area contributed by atoms with Gasteiger partial charge in [-0.15, -0.1) is 0 Å². The summed E-state index contributed by atoms with van der Waals surface area (Å²) in [4.78, 5) is 10.6. The van der Waals surface area contributed by atoms with Crippen LogP contribution in [-0.4, -0.2) is 9.97 Å². The van der Waals surface area contributed by atoms with Crippen molar-refractivity contribution in [1.29, 1.82) is 0 Å². The van der Waals surface area contributed by atoms with Crippen LogP contribution in [0.3, 0.4) is 0 Å². The molecule has 278 valence electrons. The fourth-order valence-electron chi connectivity index (χ4n) is 9.44. The van der Waals surface area contributed by atoms with E-state index in [4.69, 9.17) is 9.97 Å². The van der Waals surface area contributed by atoms with Gasteiger partial charge in [0.15, 0.2) is 5.82 Å². The van der Waals surface area contributed by atoms with Crippen LogP contribution in [0.5, 0.6) is 0 Å². The number of rotatable bonds is 6. The molecule has 0 saturated heterocycles. The maximum Gasteiger partial charge on any atom is 0.160 e. The first kappa shape index (κ1) is 34.8. The molecular formula is C57H40N2. The van der Waals surface area contributed by atoms with Crippen LogP contribution in [0.15, 0.2) is 206 Å². The summed E-state index contributed by atoms with van der Waals surface area (Å²) >= 11 is 0. The third-order valence-electron chi connectivity index (χ3n) is 12.4. The standard InChI is InChI=1S/C57H40N2/c1-57(2)51-28-13-12-25-50(51)55-43(26-15-29-52(55)57)39-32-30-38(31-33-39)42-34-35-49(47-23-9-8-21-44(42)47)54-36-53(58-56(59-54)40-17-4-3-5-18-40)48-24-11-10-22-46(48)45-27-14-19-37-16-6-7-20-41(37)45/h3-36H,1-2H3. The van der Waals surface area contributed by atoms with E-state index < -0.39 is 0 Å². The van der Waals surface area contributed by atoms with E-state index in [2.05, 4.69) is 214 Å². The molecule has 0 spiro atoms. The van der Waals surface area contributed by atoms with E-state index in [-0.39, 0.29) is 5.41 Å². The van der Waals surface area contributed by atoms with Crippen LogP contribution in [0.25, 0.3) is 100.0 Å². The van der Waals surface area contributed by atoms with E-state index in [1.54, 1.807) is 0 Å². The summed E-state index contributed by atoms with van der Waals surface area (Å²) in [5.41, 5.74) is 17.6. The van der Waals surface area contributed by atoms with Gasteiger partial charge in [0.05, 0.1) is 11.4 Å². The molecule has 0 unspecified atom stereocenters. The first-order valence-corrected chi connectivity index (χ1v) is 20.4. The first-order chi connectivity index (χ1) is 29.0. The molecule has 59 heavy (non-hydrogen) atoms. The lowest BCUT2D eigenvalue weighted by Gasteiger charge is -2.21. The SMILES string of the molecule is CC1(C)c2ccccc2-c2c(-c3ccc(-c4ccc(-c5cc(-c6ccccc6-c6cccc7ccccc67)nc(-c6ccccc6)n5)c5ccccc45)cc3)cccc21. The summed E-state index contributed by atoms with van der Waals surface area (Å²) in [6.45, 7) is 4.69. The molecule has 11 rings (SSSR count). The van der Waals surface area contributed by atoms with Crippen molar-refractivity contribution in [3.8, 4) is 78.4 Å². The highest BCUT2D eigenvalue weighted by atomic mass is 14.9. The van der Waals surface area contributed by atoms with Crippen molar-refractivity contribution in [2.24, 2.45) is 0 Å². The zero-order valence-corrected chi connectivity index (χ0v) is 33.0. The van der Waals surface area contributed by atoms with Crippen LogP contribution in [0, 0.1) is 0 Å². The van der Waals surface area contributed by atoms with Gasteiger partial charge in [-0.2, -0.15) is 0 Å². The maximum atomic E-state index is 5.29. The molecule has 1 aliphatic rings. The highest BCUT2D eigenvalue weighted by molar-refractivity contribution is 6.06. The van der Waals surface area contributed by atoms with E-state index in [1.165, 1.54) is 66.2 Å². The van der Waals surface area contributed by atoms with Gasteiger partial charge in [-0.1, -0.05) is 214 Å². The van der Waals surface area contributed by atoms with E-state index in [0.29, 0.717) is 5.82 Å². The molecule has 0 aliphatic heterocycles. The lowest BCUT2D eigenvalue weighted by Crippen LogP contribution is -2.14. The molecule has 9 aromatic carbocycles. The predicted molar refractivity (Wildman–Crippen MR) is 247 cm³/mol. The van der Waals surface area contributed by atoms with Crippen LogP contribution in [0.4, 0.5) is 0 Å². The van der Waals surface area contributed by atoms with Crippen LogP contribution >= 0.6 is 0 Å². The molecule has 0 amide bonds. The summed E-state index contributed by atoms with van der Waals surface area (Å²) in [7, 11) is 0. The van der Waals surface area contributed by atoms with Gasteiger partial charge in [0, 0.05) is 22.1 Å². The zero-order valence-electron chi connectivity index (χ0n) is 33.0. The van der Waals surface area contributed by atoms with Crippen LogP contribution in [-0.2, 0) is 5.41 Å². The topological polar surface area (TPSA) is 25.8 Å². The summed E-state index contributed by atoms with van der Waals surface area (Å²) in [5.74, 6) is 0.702. The quantitative estimate of drug-likeness (QED) is 0.169. The second-order valence-corrected chi connectivity index (χ2v) is 16.1. The van der Waals surface area contributed by atoms with Gasteiger partial charge in [-0.05, 0) is 83.2 Å². The molecule has 0 radical (unpaired) electrons. The molecular weight excluding hydrogens is 713 g/mol. The Bertz CT molecular complexity index is 3230. The monoisotopic (exact) mass is 752 g/mol. The Morgan fingerprint density at radius 2 is 0.831 bits per heavy atom. The fourth-order valence-corrected chi connectivity index (χ4v) is 9.44. The predicted octanol–water partition coefficient (Wildman–Crippen LogP) is 15.1. The average Bonchev–Trinajstić information content (AvgIpc) is 3.54. The maximum absolute atomic E-state index is 5.29. The zero-order chi connectivity index (χ0) is 39.5. The Balaban J connectivity index is 1.03. The molecule has 0 bridgehead atoms. The number of aromatic nitrogens is 2. The minimum atomic E-state index is -0.0327. The Morgan fingerprint density at radius 1 is 0.322 bits per heavy atom. The third-order valence-corrected chi connectivity index (χ3v) is 12.4. The Kier molecular flexibility index (Phi) is 8.20. The van der Waals surface area contributed by atoms with Gasteiger partial charge in [0.2, 0.25) is 0 Å². The van der Waals surface area contributed by atoms with Gasteiger partial charge in [-0.3, -0.25) is 0 Å². The molecule has 0 N–H and O–H groups in total. The van der Waals surface area contributed by atoms with Crippen molar-refractivity contribution in [2.75, 3.05) is 0 Å². The van der Waals surface area contributed by atoms with E-state index in [1.807, 2.05) is 6.07 Å². The van der Waals surface area contributed by atoms with Crippen LogP contribution in [0.2, 0.25) is 0 Å². The number of fused-ring (bicyclic) bond motifs is 5. The molecule has 2 nitrogen and oxygen atoms in total. The number of benzene rings is 9. The van der Waals surface area contributed by atoms with E-state index in [9.17, 15) is 0 Å². The Hall–Kier alpha value is -7.42. The molecule has 10 aromatic rings. The minimum Gasteiger partial charge on any atom is -0.228 e. The van der Waals surface area contributed by atoms with Gasteiger partial charge < -0.3 is 0 Å². The van der Waals surface area contributed by atoms with Gasteiger partial charge in [-0.25, -0.2) is 9.97 Å². The fraction of sp³-hybridized carbons (Fsp3) is 0.0526. The van der Waals surface area contributed by atoms with Crippen molar-refractivity contribution in [1.82, 2.24) is 9.97 Å². The molecule has 0 saturated carbocycles. The average molecular weight is 753 g/mol. The summed E-state index contributed by atoms with van der Waals surface area (Å²) in [5, 5.41) is 4.77. The van der Waals surface area contributed by atoms with E-state index in [0.717, 1.165) is 39.0 Å². The van der Waals surface area contributed by atoms with Crippen LogP contribution < -0.4 is 0 Å². The van der Waals surface area contributed by atoms with Crippen molar-refractivity contribution in [2.45, 2.75) is 19.3 Å². The lowest BCUT2D eigenvalue weighted by atomic mass is 9.82. The molecule has 1 heterocycles. The lowest BCUT2D eigenvalue weighted by molar-refractivity contribution is 0.660. The summed E-state index contributed by atoms with van der Waals surface area (Å²) < 4.78 is 0. The van der Waals surface area contributed by atoms with Crippen molar-refractivity contribution >= 4 is 21.5 Å². The molecule has 0 fully saturated rings. The number of hydrogen-bond donors (Lipinski definition) is 0. The summed E-state index contributed by atoms with van der Waals surface area (Å²) in [6, 6.07) is 74.3. The molecule has 1 aromatic heterocycles. The van der Waals surface area contributed by atoms with Gasteiger partial charge >= 0.3 is 0 Å². The Labute approximate surface area is 345 Å². The first-order valence-electron chi connectivity index (χ1n) is 20.4. The second-order valence-electron chi connectivity index (χ2n) is 16.1. The van der Waals surface area contributed by atoms with Crippen molar-refractivity contribution < 1.29 is 0 Å². The molecule has 1 aliphatic carbocycles. The van der Waals surface area contributed by atoms with Gasteiger partial charge in [0.1, 0.15) is 0 Å². The minimum absolute atomic E-state index is 0.0327. The van der Waals surface area contributed by atoms with Crippen molar-refractivity contribution in [3.05, 3.63) is 217 Å². The highest BCUT2D eigenvalue weighted by Crippen LogP contribution is 2.52. The Morgan fingerprint density at radius 3 is 1.61 bits per heavy atom. The second kappa shape index (κ2) is 13.9. The van der Waals surface area contributed by atoms with Gasteiger partial charge in [0.25, 0.3) is 0 Å². The number of hydrogen-bond acceptors (Lipinski definition) is 2. The van der Waals surface area contributed by atoms with Crippen LogP contribution in [0.1, 0.15) is 25.0 Å². The van der Waals surface area contributed by atoms with E-state index >= 15 is 0 Å². The summed E-state index contributed by atoms with van der Waals surface area (Å²) in [6.07, 6.45) is 0. The normalized spacial score (nSPS) is 12.7. The van der Waals surface area contributed by atoms with Crippen molar-refractivity contribution in [3.63, 3.8) is 0 Å². The molecule has 2 heteroatoms. The smallest absolute Gasteiger partial charge is 0.160 e.